The first-order chi connectivity index (χ1) is 10.6. The quantitative estimate of drug-likeness (QED) is 0.378. The lowest BCUT2D eigenvalue weighted by Crippen LogP contribution is -2.15. The largest absolute Gasteiger partial charge is 0.436 e. The summed E-state index contributed by atoms with van der Waals surface area (Å²) < 4.78 is 4.98. The van der Waals surface area contributed by atoms with Crippen LogP contribution in [0.3, 0.4) is 0 Å². The number of hydrogen-bond donors (Lipinski definition) is 1. The van der Waals surface area contributed by atoms with Crippen LogP contribution in [0.25, 0.3) is 6.08 Å². The predicted octanol–water partition coefficient (Wildman–Crippen LogP) is 3.08. The van der Waals surface area contributed by atoms with Gasteiger partial charge in [0.1, 0.15) is 10.6 Å². The molecule has 0 bridgehead atoms. The summed E-state index contributed by atoms with van der Waals surface area (Å²) in [7, 11) is 0. The van der Waals surface area contributed by atoms with Gasteiger partial charge in [0.25, 0.3) is 11.8 Å². The standard InChI is InChI=1S/C12H8N4O5S/c17-12(9-4-6-11(22-9)16(19)20)14-13-7-1-2-8-3-5-10(15-18)21-8/h1-7H,(H,14,17)/b2-1+,13-7+. The van der Waals surface area contributed by atoms with Crippen molar-refractivity contribution in [1.29, 1.82) is 0 Å². The van der Waals surface area contributed by atoms with E-state index in [9.17, 15) is 19.8 Å². The molecule has 22 heavy (non-hydrogen) atoms. The van der Waals surface area contributed by atoms with Crippen LogP contribution < -0.4 is 5.43 Å². The van der Waals surface area contributed by atoms with Gasteiger partial charge in [-0.2, -0.15) is 5.10 Å². The van der Waals surface area contributed by atoms with Crippen LogP contribution in [0.1, 0.15) is 15.4 Å². The zero-order chi connectivity index (χ0) is 15.9. The van der Waals surface area contributed by atoms with E-state index < -0.39 is 10.8 Å². The number of carbonyl (C=O) groups is 1. The second-order valence-corrected chi connectivity index (χ2v) is 4.80. The van der Waals surface area contributed by atoms with Crippen molar-refractivity contribution in [2.24, 2.45) is 10.3 Å². The van der Waals surface area contributed by atoms with Crippen LogP contribution in [0.4, 0.5) is 10.9 Å². The number of furan rings is 1. The number of hydrogen-bond acceptors (Lipinski definition) is 8. The van der Waals surface area contributed by atoms with Gasteiger partial charge < -0.3 is 4.42 Å². The smallest absolute Gasteiger partial charge is 0.324 e. The molecule has 0 aliphatic rings. The molecule has 0 fully saturated rings. The fraction of sp³-hybridized carbons (Fsp3) is 0. The Morgan fingerprint density at radius 3 is 2.82 bits per heavy atom. The molecule has 0 aromatic carbocycles. The SMILES string of the molecule is O=Nc1ccc(/C=C/C=N/NC(=O)c2ccc([N+](=O)[O-])s2)o1. The summed E-state index contributed by atoms with van der Waals surface area (Å²) in [5.41, 5.74) is 2.22. The Hall–Kier alpha value is -3.14. The lowest BCUT2D eigenvalue weighted by Gasteiger charge is -1.93. The van der Waals surface area contributed by atoms with Gasteiger partial charge in [-0.3, -0.25) is 14.9 Å². The molecule has 2 aromatic rings. The molecule has 0 unspecified atom stereocenters. The molecule has 0 aliphatic carbocycles. The molecule has 1 N–H and O–H groups in total. The monoisotopic (exact) mass is 320 g/mol. The first-order valence-electron chi connectivity index (χ1n) is 5.77. The first kappa shape index (κ1) is 15.3. The van der Waals surface area contributed by atoms with E-state index in [1.54, 1.807) is 6.07 Å². The number of thiophene rings is 1. The van der Waals surface area contributed by atoms with E-state index in [-0.39, 0.29) is 15.8 Å². The molecule has 1 amide bonds. The van der Waals surface area contributed by atoms with E-state index in [0.29, 0.717) is 5.76 Å². The number of nitrogens with zero attached hydrogens (tertiary/aromatic N) is 3. The highest BCUT2D eigenvalue weighted by Gasteiger charge is 2.14. The summed E-state index contributed by atoms with van der Waals surface area (Å²) in [6.45, 7) is 0. The van der Waals surface area contributed by atoms with E-state index in [2.05, 4.69) is 15.7 Å². The van der Waals surface area contributed by atoms with Crippen molar-refractivity contribution in [2.75, 3.05) is 0 Å². The zero-order valence-corrected chi connectivity index (χ0v) is 11.6. The van der Waals surface area contributed by atoms with Crippen molar-refractivity contribution in [3.8, 4) is 0 Å². The molecule has 0 saturated carbocycles. The lowest BCUT2D eigenvalue weighted by molar-refractivity contribution is -0.380. The molecule has 2 heterocycles. The van der Waals surface area contributed by atoms with Crippen LogP contribution in [0, 0.1) is 15.0 Å². The van der Waals surface area contributed by atoms with Gasteiger partial charge in [-0.05, 0) is 24.3 Å². The Bertz CT molecular complexity index is 761. The van der Waals surface area contributed by atoms with Gasteiger partial charge in [-0.15, -0.1) is 4.91 Å². The molecule has 2 aromatic heterocycles. The zero-order valence-electron chi connectivity index (χ0n) is 10.8. The minimum absolute atomic E-state index is 0.0378. The van der Waals surface area contributed by atoms with Gasteiger partial charge in [0.15, 0.2) is 0 Å². The molecule has 10 heteroatoms. The topological polar surface area (TPSA) is 127 Å². The van der Waals surface area contributed by atoms with Crippen LogP contribution >= 0.6 is 11.3 Å². The molecule has 112 valence electrons. The van der Waals surface area contributed by atoms with E-state index >= 15 is 0 Å². The number of amides is 1. The van der Waals surface area contributed by atoms with Crippen LogP contribution in [0.5, 0.6) is 0 Å². The van der Waals surface area contributed by atoms with Gasteiger partial charge >= 0.3 is 5.00 Å². The normalized spacial score (nSPS) is 11.1. The second-order valence-electron chi connectivity index (χ2n) is 3.74. The number of allylic oxidation sites excluding steroid dienone is 1. The summed E-state index contributed by atoms with van der Waals surface area (Å²) >= 11 is 0.757. The number of hydrazone groups is 1. The maximum absolute atomic E-state index is 11.6. The molecule has 0 radical (unpaired) electrons. The van der Waals surface area contributed by atoms with Crippen molar-refractivity contribution < 1.29 is 14.1 Å². The number of carbonyl (C=O) groups excluding carboxylic acids is 1. The fourth-order valence-electron chi connectivity index (χ4n) is 1.36. The molecular formula is C12H8N4O5S. The van der Waals surface area contributed by atoms with Crippen LogP contribution in [0.15, 0.2) is 45.0 Å². The van der Waals surface area contributed by atoms with Crippen LogP contribution in [0.2, 0.25) is 0 Å². The van der Waals surface area contributed by atoms with E-state index in [1.165, 1.54) is 36.6 Å². The highest BCUT2D eigenvalue weighted by Crippen LogP contribution is 2.23. The number of nitro groups is 1. The highest BCUT2D eigenvalue weighted by molar-refractivity contribution is 7.17. The van der Waals surface area contributed by atoms with Crippen LogP contribution in [-0.4, -0.2) is 17.0 Å². The summed E-state index contributed by atoms with van der Waals surface area (Å²) in [6.07, 6.45) is 4.28. The van der Waals surface area contributed by atoms with Gasteiger partial charge in [0.2, 0.25) is 0 Å². The van der Waals surface area contributed by atoms with Crippen LogP contribution in [-0.2, 0) is 0 Å². The average Bonchev–Trinajstić information content (AvgIpc) is 3.16. The fourth-order valence-corrected chi connectivity index (χ4v) is 2.07. The number of nitroso groups, excluding NO2 is 1. The Balaban J connectivity index is 1.87. The van der Waals surface area contributed by atoms with E-state index in [0.717, 1.165) is 11.3 Å². The Morgan fingerprint density at radius 1 is 1.36 bits per heavy atom. The van der Waals surface area contributed by atoms with Crippen molar-refractivity contribution in [3.63, 3.8) is 0 Å². The molecule has 0 spiro atoms. The van der Waals surface area contributed by atoms with Gasteiger partial charge in [-0.1, -0.05) is 11.3 Å². The van der Waals surface area contributed by atoms with Gasteiger partial charge in [-0.25, -0.2) is 5.43 Å². The number of nitrogens with one attached hydrogen (secondary N) is 1. The molecule has 0 saturated heterocycles. The van der Waals surface area contributed by atoms with Crippen molar-refractivity contribution in [2.45, 2.75) is 0 Å². The van der Waals surface area contributed by atoms with Gasteiger partial charge in [0.05, 0.1) is 4.92 Å². The second kappa shape index (κ2) is 7.04. The molecule has 9 nitrogen and oxygen atoms in total. The Labute approximate surface area is 127 Å². The third-order valence-electron chi connectivity index (χ3n) is 2.29. The van der Waals surface area contributed by atoms with E-state index in [4.69, 9.17) is 4.42 Å². The lowest BCUT2D eigenvalue weighted by atomic mass is 10.4. The molecule has 0 aliphatic heterocycles. The maximum atomic E-state index is 11.6. The minimum Gasteiger partial charge on any atom is -0.436 e. The highest BCUT2D eigenvalue weighted by atomic mass is 32.1. The Kier molecular flexibility index (Phi) is 4.88. The first-order valence-corrected chi connectivity index (χ1v) is 6.59. The summed E-state index contributed by atoms with van der Waals surface area (Å²) in [6, 6.07) is 5.55. The minimum atomic E-state index is -0.570. The van der Waals surface area contributed by atoms with Crippen molar-refractivity contribution in [3.05, 3.63) is 56.0 Å². The van der Waals surface area contributed by atoms with Crippen molar-refractivity contribution >= 4 is 40.4 Å². The molecule has 0 atom stereocenters. The summed E-state index contributed by atoms with van der Waals surface area (Å²) in [4.78, 5) is 31.9. The predicted molar refractivity (Wildman–Crippen MR) is 80.1 cm³/mol. The summed E-state index contributed by atoms with van der Waals surface area (Å²) in [5, 5.41) is 16.6. The summed E-state index contributed by atoms with van der Waals surface area (Å²) in [5.74, 6) is -0.182. The third-order valence-corrected chi connectivity index (χ3v) is 3.32. The third kappa shape index (κ3) is 3.93. The molecule has 2 rings (SSSR count). The Morgan fingerprint density at radius 2 is 2.18 bits per heavy atom. The van der Waals surface area contributed by atoms with E-state index in [1.807, 2.05) is 0 Å². The average molecular weight is 320 g/mol. The van der Waals surface area contributed by atoms with Gasteiger partial charge in [0, 0.05) is 23.5 Å². The van der Waals surface area contributed by atoms with Crippen molar-refractivity contribution in [1.82, 2.24) is 5.43 Å². The molecular weight excluding hydrogens is 312 g/mol. The maximum Gasteiger partial charge on any atom is 0.324 e. The number of rotatable bonds is 6.